The standard InChI is InChI=1S/C13H16N2O2/c1-9(16)11-7-2-3-8-12(11)15-13(17)14-10-5-4-6-10/h2-3,7-8,10H,4-6H2,1H3,(H2,14,15,17). The zero-order valence-corrected chi connectivity index (χ0v) is 9.82. The molecule has 1 aliphatic rings. The van der Waals surface area contributed by atoms with Crippen molar-refractivity contribution in [3.05, 3.63) is 29.8 Å². The van der Waals surface area contributed by atoms with Crippen LogP contribution in [0.2, 0.25) is 0 Å². The van der Waals surface area contributed by atoms with Crippen LogP contribution in [0, 0.1) is 0 Å². The minimum atomic E-state index is -0.233. The van der Waals surface area contributed by atoms with Crippen LogP contribution in [-0.4, -0.2) is 17.9 Å². The van der Waals surface area contributed by atoms with Crippen LogP contribution in [0.5, 0.6) is 0 Å². The normalized spacial score (nSPS) is 14.9. The van der Waals surface area contributed by atoms with Crippen molar-refractivity contribution >= 4 is 17.5 Å². The Balaban J connectivity index is 2.01. The van der Waals surface area contributed by atoms with Gasteiger partial charge in [-0.15, -0.1) is 0 Å². The van der Waals surface area contributed by atoms with Crippen LogP contribution in [0.15, 0.2) is 24.3 Å². The highest BCUT2D eigenvalue weighted by Gasteiger charge is 2.19. The average Bonchev–Trinajstić information content (AvgIpc) is 2.24. The third-order valence-corrected chi connectivity index (χ3v) is 2.99. The molecule has 4 nitrogen and oxygen atoms in total. The Morgan fingerprint density at radius 2 is 1.94 bits per heavy atom. The molecule has 1 fully saturated rings. The van der Waals surface area contributed by atoms with Gasteiger partial charge in [0.05, 0.1) is 5.69 Å². The van der Waals surface area contributed by atoms with Crippen LogP contribution in [0.4, 0.5) is 10.5 Å². The van der Waals surface area contributed by atoms with Gasteiger partial charge in [-0.1, -0.05) is 12.1 Å². The topological polar surface area (TPSA) is 58.2 Å². The summed E-state index contributed by atoms with van der Waals surface area (Å²) < 4.78 is 0. The lowest BCUT2D eigenvalue weighted by atomic mass is 9.93. The van der Waals surface area contributed by atoms with Gasteiger partial charge in [0.2, 0.25) is 0 Å². The number of nitrogens with one attached hydrogen (secondary N) is 2. The van der Waals surface area contributed by atoms with Gasteiger partial charge in [-0.25, -0.2) is 4.79 Å². The number of amides is 2. The van der Waals surface area contributed by atoms with Crippen LogP contribution in [0.3, 0.4) is 0 Å². The molecule has 0 radical (unpaired) electrons. The second kappa shape index (κ2) is 4.99. The second-order valence-electron chi connectivity index (χ2n) is 4.33. The van der Waals surface area contributed by atoms with Crippen molar-refractivity contribution < 1.29 is 9.59 Å². The molecule has 90 valence electrons. The molecule has 2 rings (SSSR count). The van der Waals surface area contributed by atoms with Gasteiger partial charge in [0.25, 0.3) is 0 Å². The molecular weight excluding hydrogens is 216 g/mol. The van der Waals surface area contributed by atoms with Crippen molar-refractivity contribution in [2.75, 3.05) is 5.32 Å². The molecule has 1 saturated carbocycles. The van der Waals surface area contributed by atoms with E-state index in [9.17, 15) is 9.59 Å². The fourth-order valence-corrected chi connectivity index (χ4v) is 1.80. The van der Waals surface area contributed by atoms with Gasteiger partial charge in [-0.2, -0.15) is 0 Å². The molecule has 1 aliphatic carbocycles. The SMILES string of the molecule is CC(=O)c1ccccc1NC(=O)NC1CCC1. The maximum Gasteiger partial charge on any atom is 0.319 e. The van der Waals surface area contributed by atoms with Crippen LogP contribution >= 0.6 is 0 Å². The van der Waals surface area contributed by atoms with Gasteiger partial charge in [-0.3, -0.25) is 4.79 Å². The summed E-state index contributed by atoms with van der Waals surface area (Å²) in [4.78, 5) is 23.0. The van der Waals surface area contributed by atoms with Crippen LogP contribution < -0.4 is 10.6 Å². The monoisotopic (exact) mass is 232 g/mol. The van der Waals surface area contributed by atoms with Crippen molar-refractivity contribution in [2.24, 2.45) is 0 Å². The number of hydrogen-bond donors (Lipinski definition) is 2. The molecule has 17 heavy (non-hydrogen) atoms. The highest BCUT2D eigenvalue weighted by Crippen LogP contribution is 2.19. The number of hydrogen-bond acceptors (Lipinski definition) is 2. The van der Waals surface area contributed by atoms with Gasteiger partial charge in [0.15, 0.2) is 5.78 Å². The Bertz CT molecular complexity index is 439. The highest BCUT2D eigenvalue weighted by molar-refractivity contribution is 6.03. The largest absolute Gasteiger partial charge is 0.335 e. The summed E-state index contributed by atoms with van der Waals surface area (Å²) in [5.74, 6) is -0.0513. The number of Topliss-reactive ketones (excluding diaryl/α,β-unsaturated/α-hetero) is 1. The van der Waals surface area contributed by atoms with Gasteiger partial charge in [0, 0.05) is 11.6 Å². The van der Waals surface area contributed by atoms with E-state index in [1.54, 1.807) is 24.3 Å². The fourth-order valence-electron chi connectivity index (χ4n) is 1.80. The van der Waals surface area contributed by atoms with E-state index in [0.29, 0.717) is 17.3 Å². The maximum absolute atomic E-state index is 11.7. The minimum Gasteiger partial charge on any atom is -0.335 e. The highest BCUT2D eigenvalue weighted by atomic mass is 16.2. The number of para-hydroxylation sites is 1. The number of urea groups is 1. The number of carbonyl (C=O) groups excluding carboxylic acids is 2. The smallest absolute Gasteiger partial charge is 0.319 e. The summed E-state index contributed by atoms with van der Waals surface area (Å²) in [6.45, 7) is 1.49. The van der Waals surface area contributed by atoms with E-state index in [1.807, 2.05) is 0 Å². The number of ketones is 1. The Hall–Kier alpha value is -1.84. The van der Waals surface area contributed by atoms with Crippen LogP contribution in [0.25, 0.3) is 0 Å². The van der Waals surface area contributed by atoms with Gasteiger partial charge >= 0.3 is 6.03 Å². The molecule has 0 saturated heterocycles. The molecule has 1 aromatic carbocycles. The summed E-state index contributed by atoms with van der Waals surface area (Å²) >= 11 is 0. The van der Waals surface area contributed by atoms with E-state index in [-0.39, 0.29) is 11.8 Å². The molecule has 0 spiro atoms. The van der Waals surface area contributed by atoms with E-state index in [2.05, 4.69) is 10.6 Å². The quantitative estimate of drug-likeness (QED) is 0.787. The van der Waals surface area contributed by atoms with E-state index < -0.39 is 0 Å². The molecule has 0 aromatic heterocycles. The Kier molecular flexibility index (Phi) is 3.42. The molecule has 0 heterocycles. The van der Waals surface area contributed by atoms with E-state index in [1.165, 1.54) is 13.3 Å². The van der Waals surface area contributed by atoms with Crippen molar-refractivity contribution in [3.63, 3.8) is 0 Å². The van der Waals surface area contributed by atoms with Crippen molar-refractivity contribution in [1.29, 1.82) is 0 Å². The Morgan fingerprint density at radius 1 is 1.24 bits per heavy atom. The summed E-state index contributed by atoms with van der Waals surface area (Å²) in [6, 6.07) is 7.08. The number of rotatable bonds is 3. The predicted octanol–water partition coefficient (Wildman–Crippen LogP) is 2.56. The summed E-state index contributed by atoms with van der Waals surface area (Å²) in [6.07, 6.45) is 3.26. The zero-order valence-electron chi connectivity index (χ0n) is 9.82. The van der Waals surface area contributed by atoms with Crippen LogP contribution in [-0.2, 0) is 0 Å². The van der Waals surface area contributed by atoms with E-state index >= 15 is 0 Å². The second-order valence-corrected chi connectivity index (χ2v) is 4.33. The molecule has 2 amide bonds. The third-order valence-electron chi connectivity index (χ3n) is 2.99. The first-order valence-electron chi connectivity index (χ1n) is 5.84. The molecule has 0 bridgehead atoms. The maximum atomic E-state index is 11.7. The number of carbonyl (C=O) groups is 2. The third kappa shape index (κ3) is 2.84. The molecule has 4 heteroatoms. The summed E-state index contributed by atoms with van der Waals surface area (Å²) in [7, 11) is 0. The molecule has 2 N–H and O–H groups in total. The Labute approximate surface area is 100 Å². The van der Waals surface area contributed by atoms with Gasteiger partial charge in [-0.05, 0) is 38.3 Å². The minimum absolute atomic E-state index is 0.0513. The van der Waals surface area contributed by atoms with Crippen LogP contribution in [0.1, 0.15) is 36.5 Å². The fraction of sp³-hybridized carbons (Fsp3) is 0.385. The number of benzene rings is 1. The molecule has 0 aliphatic heterocycles. The summed E-state index contributed by atoms with van der Waals surface area (Å²) in [5.41, 5.74) is 1.10. The predicted molar refractivity (Wildman–Crippen MR) is 66.2 cm³/mol. The molecule has 1 aromatic rings. The first-order chi connectivity index (χ1) is 8.16. The lowest BCUT2D eigenvalue weighted by Crippen LogP contribution is -2.42. The molecule has 0 unspecified atom stereocenters. The van der Waals surface area contributed by atoms with Crippen molar-refractivity contribution in [3.8, 4) is 0 Å². The van der Waals surface area contributed by atoms with E-state index in [4.69, 9.17) is 0 Å². The number of anilines is 1. The molecule has 0 atom stereocenters. The van der Waals surface area contributed by atoms with Gasteiger partial charge < -0.3 is 10.6 Å². The first-order valence-corrected chi connectivity index (χ1v) is 5.84. The van der Waals surface area contributed by atoms with E-state index in [0.717, 1.165) is 12.8 Å². The zero-order chi connectivity index (χ0) is 12.3. The Morgan fingerprint density at radius 3 is 2.53 bits per heavy atom. The summed E-state index contributed by atoms with van der Waals surface area (Å²) in [5, 5.41) is 5.59. The lowest BCUT2D eigenvalue weighted by molar-refractivity contribution is 0.101. The van der Waals surface area contributed by atoms with Crippen molar-refractivity contribution in [2.45, 2.75) is 32.2 Å². The molecular formula is C13H16N2O2. The first kappa shape index (κ1) is 11.6. The average molecular weight is 232 g/mol. The van der Waals surface area contributed by atoms with Gasteiger partial charge in [0.1, 0.15) is 0 Å². The lowest BCUT2D eigenvalue weighted by Gasteiger charge is -2.26. The van der Waals surface area contributed by atoms with Crippen molar-refractivity contribution in [1.82, 2.24) is 5.32 Å².